The topological polar surface area (TPSA) is 73.3 Å². The smallest absolute Gasteiger partial charge is 0.251 e. The fourth-order valence-corrected chi connectivity index (χ4v) is 1.73. The fraction of sp³-hybridized carbons (Fsp3) is 0.154. The Hall–Kier alpha value is -2.63. The van der Waals surface area contributed by atoms with Crippen molar-refractivity contribution in [3.8, 4) is 11.5 Å². The van der Waals surface area contributed by atoms with Crippen molar-refractivity contribution in [3.05, 3.63) is 48.0 Å². The van der Waals surface area contributed by atoms with Crippen LogP contribution < -0.4 is 14.8 Å². The highest BCUT2D eigenvalue weighted by molar-refractivity contribution is 5.94. The second-order valence-electron chi connectivity index (χ2n) is 3.95. The predicted octanol–water partition coefficient (Wildman–Crippen LogP) is 1.14. The van der Waals surface area contributed by atoms with E-state index in [0.717, 1.165) is 0 Å². The number of carbonyl (C=O) groups is 1. The van der Waals surface area contributed by atoms with Crippen molar-refractivity contribution in [1.29, 1.82) is 0 Å². The minimum atomic E-state index is -0.191. The van der Waals surface area contributed by atoms with Gasteiger partial charge in [-0.05, 0) is 18.2 Å². The molecule has 1 aliphatic rings. The molecule has 0 fully saturated rings. The van der Waals surface area contributed by atoms with E-state index in [9.17, 15) is 4.79 Å². The van der Waals surface area contributed by atoms with Crippen molar-refractivity contribution in [3.63, 3.8) is 0 Å². The maximum absolute atomic E-state index is 12.0. The van der Waals surface area contributed by atoms with Gasteiger partial charge in [0, 0.05) is 18.0 Å². The van der Waals surface area contributed by atoms with Crippen LogP contribution in [0.4, 0.5) is 0 Å². The first kappa shape index (κ1) is 11.5. The minimum Gasteiger partial charge on any atom is -0.454 e. The second-order valence-corrected chi connectivity index (χ2v) is 3.95. The maximum Gasteiger partial charge on any atom is 0.251 e. The molecule has 0 bridgehead atoms. The summed E-state index contributed by atoms with van der Waals surface area (Å²) in [4.78, 5) is 20.0. The van der Waals surface area contributed by atoms with E-state index in [1.54, 1.807) is 36.8 Å². The highest BCUT2D eigenvalue weighted by Crippen LogP contribution is 2.32. The maximum atomic E-state index is 12.0. The van der Waals surface area contributed by atoms with Crippen LogP contribution in [0, 0.1) is 0 Å². The van der Waals surface area contributed by atoms with E-state index in [0.29, 0.717) is 29.3 Å². The molecule has 0 unspecified atom stereocenters. The lowest BCUT2D eigenvalue weighted by molar-refractivity contribution is 0.0950. The second kappa shape index (κ2) is 4.93. The van der Waals surface area contributed by atoms with E-state index in [4.69, 9.17) is 9.47 Å². The Morgan fingerprint density at radius 3 is 3.00 bits per heavy atom. The summed E-state index contributed by atoms with van der Waals surface area (Å²) in [6, 6.07) is 5.08. The van der Waals surface area contributed by atoms with Crippen LogP contribution in [0.1, 0.15) is 16.1 Å². The van der Waals surface area contributed by atoms with E-state index in [1.807, 2.05) is 0 Å². The Morgan fingerprint density at radius 1 is 1.26 bits per heavy atom. The molecule has 96 valence electrons. The summed E-state index contributed by atoms with van der Waals surface area (Å²) in [6.45, 7) is 0.529. The van der Waals surface area contributed by atoms with Crippen molar-refractivity contribution < 1.29 is 14.3 Å². The number of rotatable bonds is 3. The van der Waals surface area contributed by atoms with Crippen molar-refractivity contribution in [1.82, 2.24) is 15.3 Å². The van der Waals surface area contributed by atoms with Gasteiger partial charge in [-0.25, -0.2) is 0 Å². The van der Waals surface area contributed by atoms with Crippen LogP contribution in [0.5, 0.6) is 11.5 Å². The number of nitrogens with zero attached hydrogens (tertiary/aromatic N) is 2. The quantitative estimate of drug-likeness (QED) is 0.892. The Morgan fingerprint density at radius 2 is 2.16 bits per heavy atom. The average Bonchev–Trinajstić information content (AvgIpc) is 2.93. The van der Waals surface area contributed by atoms with Crippen molar-refractivity contribution in [2.24, 2.45) is 0 Å². The monoisotopic (exact) mass is 257 g/mol. The van der Waals surface area contributed by atoms with Gasteiger partial charge in [0.15, 0.2) is 11.5 Å². The van der Waals surface area contributed by atoms with Gasteiger partial charge in [-0.15, -0.1) is 0 Å². The van der Waals surface area contributed by atoms with Gasteiger partial charge in [0.05, 0.1) is 18.4 Å². The molecule has 1 N–H and O–H groups in total. The molecule has 0 radical (unpaired) electrons. The molecule has 1 aromatic carbocycles. The summed E-state index contributed by atoms with van der Waals surface area (Å²) in [6.07, 6.45) is 4.78. The summed E-state index contributed by atoms with van der Waals surface area (Å²) in [5.74, 6) is 1.06. The normalized spacial score (nSPS) is 12.2. The third-order valence-corrected chi connectivity index (χ3v) is 2.68. The summed E-state index contributed by atoms with van der Waals surface area (Å²) in [7, 11) is 0. The highest BCUT2D eigenvalue weighted by Gasteiger charge is 2.15. The molecule has 0 atom stereocenters. The molecule has 0 saturated heterocycles. The van der Waals surface area contributed by atoms with Crippen molar-refractivity contribution in [2.45, 2.75) is 6.54 Å². The van der Waals surface area contributed by atoms with E-state index in [1.165, 1.54) is 0 Å². The standard InChI is InChI=1S/C13H11N3O3/c17-13(16-7-10-6-14-3-4-15-10)9-1-2-11-12(5-9)19-8-18-11/h1-6H,7-8H2,(H,16,17). The number of aromatic nitrogens is 2. The highest BCUT2D eigenvalue weighted by atomic mass is 16.7. The number of ether oxygens (including phenoxy) is 2. The number of hydrogen-bond donors (Lipinski definition) is 1. The number of carbonyl (C=O) groups excluding carboxylic acids is 1. The molecule has 2 aromatic rings. The summed E-state index contributed by atoms with van der Waals surface area (Å²) >= 11 is 0. The first-order valence-electron chi connectivity index (χ1n) is 5.76. The molecule has 1 aromatic heterocycles. The van der Waals surface area contributed by atoms with Crippen LogP contribution in [-0.4, -0.2) is 22.7 Å². The SMILES string of the molecule is O=C(NCc1cnccn1)c1ccc2c(c1)OCO2. The zero-order valence-corrected chi connectivity index (χ0v) is 10.00. The van der Waals surface area contributed by atoms with Gasteiger partial charge < -0.3 is 14.8 Å². The number of hydrogen-bond acceptors (Lipinski definition) is 5. The van der Waals surface area contributed by atoms with Crippen LogP contribution in [0.25, 0.3) is 0 Å². The molecule has 2 heterocycles. The minimum absolute atomic E-state index is 0.191. The summed E-state index contributed by atoms with van der Waals surface area (Å²) < 4.78 is 10.4. The van der Waals surface area contributed by atoms with Gasteiger partial charge in [-0.2, -0.15) is 0 Å². The van der Waals surface area contributed by atoms with Gasteiger partial charge in [0.25, 0.3) is 5.91 Å². The van der Waals surface area contributed by atoms with E-state index in [2.05, 4.69) is 15.3 Å². The lowest BCUT2D eigenvalue weighted by Crippen LogP contribution is -2.23. The first-order valence-corrected chi connectivity index (χ1v) is 5.76. The third-order valence-electron chi connectivity index (χ3n) is 2.68. The molecule has 1 aliphatic heterocycles. The van der Waals surface area contributed by atoms with Gasteiger partial charge in [0.2, 0.25) is 6.79 Å². The Labute approximate surface area is 109 Å². The van der Waals surface area contributed by atoms with Crippen molar-refractivity contribution >= 4 is 5.91 Å². The molecular weight excluding hydrogens is 246 g/mol. The van der Waals surface area contributed by atoms with Crippen LogP contribution in [0.2, 0.25) is 0 Å². The molecule has 0 spiro atoms. The lowest BCUT2D eigenvalue weighted by Gasteiger charge is -2.05. The van der Waals surface area contributed by atoms with E-state index >= 15 is 0 Å². The third kappa shape index (κ3) is 2.47. The molecule has 0 saturated carbocycles. The Bertz CT molecular complexity index is 601. The van der Waals surface area contributed by atoms with Gasteiger partial charge in [-0.1, -0.05) is 0 Å². The predicted molar refractivity (Wildman–Crippen MR) is 65.8 cm³/mol. The lowest BCUT2D eigenvalue weighted by atomic mass is 10.2. The van der Waals surface area contributed by atoms with Crippen LogP contribution in [0.15, 0.2) is 36.8 Å². The van der Waals surface area contributed by atoms with Crippen LogP contribution in [0.3, 0.4) is 0 Å². The molecule has 0 aliphatic carbocycles. The van der Waals surface area contributed by atoms with Gasteiger partial charge in [-0.3, -0.25) is 14.8 Å². The molecule has 6 heteroatoms. The van der Waals surface area contributed by atoms with Gasteiger partial charge >= 0.3 is 0 Å². The van der Waals surface area contributed by atoms with E-state index in [-0.39, 0.29) is 12.7 Å². The fourth-order valence-electron chi connectivity index (χ4n) is 1.73. The van der Waals surface area contributed by atoms with E-state index < -0.39 is 0 Å². The van der Waals surface area contributed by atoms with Crippen LogP contribution >= 0.6 is 0 Å². The van der Waals surface area contributed by atoms with Crippen molar-refractivity contribution in [2.75, 3.05) is 6.79 Å². The Kier molecular flexibility index (Phi) is 2.97. The molecular formula is C13H11N3O3. The van der Waals surface area contributed by atoms with Gasteiger partial charge in [0.1, 0.15) is 0 Å². The summed E-state index contributed by atoms with van der Waals surface area (Å²) in [5.41, 5.74) is 1.23. The zero-order chi connectivity index (χ0) is 13.1. The number of fused-ring (bicyclic) bond motifs is 1. The first-order chi connectivity index (χ1) is 9.33. The number of benzene rings is 1. The largest absolute Gasteiger partial charge is 0.454 e. The zero-order valence-electron chi connectivity index (χ0n) is 10.00. The Balaban J connectivity index is 1.67. The summed E-state index contributed by atoms with van der Waals surface area (Å²) in [5, 5.41) is 2.77. The molecule has 3 rings (SSSR count). The molecule has 6 nitrogen and oxygen atoms in total. The average molecular weight is 257 g/mol. The molecule has 1 amide bonds. The number of amides is 1. The number of nitrogens with one attached hydrogen (secondary N) is 1. The molecule has 19 heavy (non-hydrogen) atoms. The van der Waals surface area contributed by atoms with Crippen LogP contribution in [-0.2, 0) is 6.54 Å².